The molecule has 2 heterocycles. The van der Waals surface area contributed by atoms with Crippen LogP contribution in [0, 0.1) is 5.92 Å². The zero-order chi connectivity index (χ0) is 17.6. The molecule has 7 heteroatoms. The van der Waals surface area contributed by atoms with Crippen LogP contribution in [-0.2, 0) is 11.3 Å². The van der Waals surface area contributed by atoms with E-state index < -0.39 is 0 Å². The molecule has 1 aliphatic carbocycles. The van der Waals surface area contributed by atoms with Crippen molar-refractivity contribution in [1.29, 1.82) is 0 Å². The standard InChI is InChI=1S/C18H26N4O2S/c1-13(2)11-22-17(15-9-6-10-24-15)20-21-18(22)25-12-16(23)19-14-7-4-3-5-8-14/h6,9-10,13-14H,3-5,7-8,11-12H2,1-2H3,(H,19,23). The molecule has 0 aliphatic heterocycles. The summed E-state index contributed by atoms with van der Waals surface area (Å²) in [5.74, 6) is 2.31. The van der Waals surface area contributed by atoms with Crippen molar-refractivity contribution in [3.05, 3.63) is 18.4 Å². The molecular formula is C18H26N4O2S. The van der Waals surface area contributed by atoms with Gasteiger partial charge in [0.1, 0.15) is 0 Å². The lowest BCUT2D eigenvalue weighted by Gasteiger charge is -2.22. The number of thioether (sulfide) groups is 1. The molecule has 0 radical (unpaired) electrons. The first-order valence-corrected chi connectivity index (χ1v) is 10.0. The first-order valence-electron chi connectivity index (χ1n) is 9.02. The Labute approximate surface area is 152 Å². The summed E-state index contributed by atoms with van der Waals surface area (Å²) >= 11 is 1.44. The number of carbonyl (C=O) groups excluding carboxylic acids is 1. The Kier molecular flexibility index (Phi) is 6.18. The van der Waals surface area contributed by atoms with E-state index in [1.54, 1.807) is 6.26 Å². The summed E-state index contributed by atoms with van der Waals surface area (Å²) in [7, 11) is 0. The van der Waals surface area contributed by atoms with Gasteiger partial charge in [0.25, 0.3) is 0 Å². The Balaban J connectivity index is 1.64. The van der Waals surface area contributed by atoms with Crippen LogP contribution >= 0.6 is 11.8 Å². The zero-order valence-electron chi connectivity index (χ0n) is 14.9. The topological polar surface area (TPSA) is 73.0 Å². The second-order valence-corrected chi connectivity index (χ2v) is 7.92. The summed E-state index contributed by atoms with van der Waals surface area (Å²) in [6.07, 6.45) is 7.55. The van der Waals surface area contributed by atoms with Crippen LogP contribution < -0.4 is 5.32 Å². The molecule has 1 saturated carbocycles. The number of hydrogen-bond acceptors (Lipinski definition) is 5. The van der Waals surface area contributed by atoms with Crippen molar-refractivity contribution in [1.82, 2.24) is 20.1 Å². The van der Waals surface area contributed by atoms with E-state index in [1.165, 1.54) is 31.0 Å². The molecule has 136 valence electrons. The summed E-state index contributed by atoms with van der Waals surface area (Å²) in [5, 5.41) is 12.5. The van der Waals surface area contributed by atoms with Crippen LogP contribution in [0.4, 0.5) is 0 Å². The summed E-state index contributed by atoms with van der Waals surface area (Å²) in [6, 6.07) is 4.06. The highest BCUT2D eigenvalue weighted by Crippen LogP contribution is 2.25. The van der Waals surface area contributed by atoms with Crippen LogP contribution in [0.15, 0.2) is 28.0 Å². The van der Waals surface area contributed by atoms with Crippen LogP contribution in [0.25, 0.3) is 11.6 Å². The minimum Gasteiger partial charge on any atom is -0.461 e. The number of amides is 1. The second kappa shape index (κ2) is 8.56. The fourth-order valence-electron chi connectivity index (χ4n) is 3.16. The van der Waals surface area contributed by atoms with Crippen LogP contribution in [0.3, 0.4) is 0 Å². The smallest absolute Gasteiger partial charge is 0.230 e. The Hall–Kier alpha value is -1.76. The summed E-state index contributed by atoms with van der Waals surface area (Å²) < 4.78 is 7.51. The van der Waals surface area contributed by atoms with E-state index in [-0.39, 0.29) is 5.91 Å². The number of nitrogens with zero attached hydrogens (tertiary/aromatic N) is 3. The van der Waals surface area contributed by atoms with Gasteiger partial charge in [0, 0.05) is 12.6 Å². The van der Waals surface area contributed by atoms with Gasteiger partial charge in [-0.05, 0) is 30.9 Å². The van der Waals surface area contributed by atoms with Gasteiger partial charge in [-0.1, -0.05) is 44.9 Å². The molecule has 0 bridgehead atoms. The van der Waals surface area contributed by atoms with Crippen molar-refractivity contribution in [2.24, 2.45) is 5.92 Å². The minimum atomic E-state index is 0.0792. The average molecular weight is 362 g/mol. The van der Waals surface area contributed by atoms with Gasteiger partial charge in [0.15, 0.2) is 16.7 Å². The molecule has 1 aliphatic rings. The Morgan fingerprint density at radius 3 is 2.84 bits per heavy atom. The minimum absolute atomic E-state index is 0.0792. The van der Waals surface area contributed by atoms with Crippen LogP contribution in [0.5, 0.6) is 0 Å². The Bertz CT molecular complexity index is 675. The van der Waals surface area contributed by atoms with Gasteiger partial charge >= 0.3 is 0 Å². The van der Waals surface area contributed by atoms with Crippen LogP contribution in [0.1, 0.15) is 46.0 Å². The van der Waals surface area contributed by atoms with Crippen molar-refractivity contribution < 1.29 is 9.21 Å². The second-order valence-electron chi connectivity index (χ2n) is 6.98. The molecule has 2 aromatic heterocycles. The lowest BCUT2D eigenvalue weighted by atomic mass is 9.95. The first-order chi connectivity index (χ1) is 12.1. The van der Waals surface area contributed by atoms with E-state index in [0.717, 1.165) is 24.5 Å². The van der Waals surface area contributed by atoms with Crippen molar-refractivity contribution in [2.75, 3.05) is 5.75 Å². The van der Waals surface area contributed by atoms with Crippen LogP contribution in [-0.4, -0.2) is 32.5 Å². The summed E-state index contributed by atoms with van der Waals surface area (Å²) in [4.78, 5) is 12.2. The van der Waals surface area contributed by atoms with E-state index in [1.807, 2.05) is 16.7 Å². The maximum absolute atomic E-state index is 12.2. The molecule has 0 atom stereocenters. The maximum atomic E-state index is 12.2. The lowest BCUT2D eigenvalue weighted by Crippen LogP contribution is -2.37. The number of rotatable bonds is 7. The third kappa shape index (κ3) is 4.87. The number of hydrogen-bond donors (Lipinski definition) is 1. The van der Waals surface area contributed by atoms with Gasteiger partial charge in [-0.25, -0.2) is 0 Å². The SMILES string of the molecule is CC(C)Cn1c(SCC(=O)NC2CCCCC2)nnc1-c1ccco1. The number of aromatic nitrogens is 3. The number of furan rings is 1. The molecule has 1 fully saturated rings. The molecule has 0 unspecified atom stereocenters. The summed E-state index contributed by atoms with van der Waals surface area (Å²) in [6.45, 7) is 5.09. The molecule has 25 heavy (non-hydrogen) atoms. The largest absolute Gasteiger partial charge is 0.461 e. The molecular weight excluding hydrogens is 336 g/mol. The molecule has 1 N–H and O–H groups in total. The van der Waals surface area contributed by atoms with E-state index >= 15 is 0 Å². The van der Waals surface area contributed by atoms with Crippen LogP contribution in [0.2, 0.25) is 0 Å². The van der Waals surface area contributed by atoms with Gasteiger partial charge in [0.05, 0.1) is 12.0 Å². The highest BCUT2D eigenvalue weighted by Gasteiger charge is 2.19. The fraction of sp³-hybridized carbons (Fsp3) is 0.611. The number of nitrogens with one attached hydrogen (secondary N) is 1. The lowest BCUT2D eigenvalue weighted by molar-refractivity contribution is -0.119. The quantitative estimate of drug-likeness (QED) is 0.760. The Morgan fingerprint density at radius 1 is 1.36 bits per heavy atom. The van der Waals surface area contributed by atoms with Gasteiger partial charge in [-0.3, -0.25) is 9.36 Å². The third-order valence-electron chi connectivity index (χ3n) is 4.31. The van der Waals surface area contributed by atoms with Crippen molar-refractivity contribution in [2.45, 2.75) is 63.7 Å². The molecule has 0 saturated heterocycles. The average Bonchev–Trinajstić information content (AvgIpc) is 3.23. The molecule has 0 aromatic carbocycles. The third-order valence-corrected chi connectivity index (χ3v) is 5.28. The van der Waals surface area contributed by atoms with Gasteiger partial charge in [-0.2, -0.15) is 0 Å². The van der Waals surface area contributed by atoms with Gasteiger partial charge in [-0.15, -0.1) is 10.2 Å². The normalized spacial score (nSPS) is 15.6. The van der Waals surface area contributed by atoms with E-state index in [2.05, 4.69) is 29.4 Å². The van der Waals surface area contributed by atoms with E-state index in [4.69, 9.17) is 4.42 Å². The Morgan fingerprint density at radius 2 is 2.16 bits per heavy atom. The summed E-state index contributed by atoms with van der Waals surface area (Å²) in [5.41, 5.74) is 0. The molecule has 3 rings (SSSR count). The predicted molar refractivity (Wildman–Crippen MR) is 98.3 cm³/mol. The van der Waals surface area contributed by atoms with Crippen molar-refractivity contribution >= 4 is 17.7 Å². The highest BCUT2D eigenvalue weighted by molar-refractivity contribution is 7.99. The monoisotopic (exact) mass is 362 g/mol. The highest BCUT2D eigenvalue weighted by atomic mass is 32.2. The first kappa shape index (κ1) is 18.0. The number of carbonyl (C=O) groups is 1. The van der Waals surface area contributed by atoms with Crippen molar-refractivity contribution in [3.8, 4) is 11.6 Å². The molecule has 0 spiro atoms. The molecule has 1 amide bonds. The van der Waals surface area contributed by atoms with Gasteiger partial charge in [0.2, 0.25) is 5.91 Å². The van der Waals surface area contributed by atoms with E-state index in [9.17, 15) is 4.79 Å². The predicted octanol–water partition coefficient (Wildman–Crippen LogP) is 3.74. The molecule has 6 nitrogen and oxygen atoms in total. The van der Waals surface area contributed by atoms with Gasteiger partial charge < -0.3 is 9.73 Å². The van der Waals surface area contributed by atoms with Crippen molar-refractivity contribution in [3.63, 3.8) is 0 Å². The maximum Gasteiger partial charge on any atom is 0.230 e. The fourth-order valence-corrected chi connectivity index (χ4v) is 3.92. The zero-order valence-corrected chi connectivity index (χ0v) is 15.7. The van der Waals surface area contributed by atoms with E-state index in [0.29, 0.717) is 29.3 Å². The molecule has 2 aromatic rings.